The Bertz CT molecular complexity index is 400. The van der Waals surface area contributed by atoms with E-state index in [9.17, 15) is 9.59 Å². The molecule has 1 fully saturated rings. The first-order valence-electron chi connectivity index (χ1n) is 4.96. The zero-order valence-corrected chi connectivity index (χ0v) is 10.7. The molecule has 1 N–H and O–H groups in total. The lowest BCUT2D eigenvalue weighted by atomic mass is 10.3. The van der Waals surface area contributed by atoms with E-state index in [0.29, 0.717) is 11.6 Å². The fraction of sp³-hybridized carbons (Fsp3) is 0.273. The van der Waals surface area contributed by atoms with Gasteiger partial charge in [-0.25, -0.2) is 0 Å². The molecular formula is C11H13ClN2O2S. The highest BCUT2D eigenvalue weighted by molar-refractivity contribution is 8.00. The number of thioether (sulfide) groups is 1. The summed E-state index contributed by atoms with van der Waals surface area (Å²) < 4.78 is 0. The molecule has 0 spiro atoms. The van der Waals surface area contributed by atoms with Crippen molar-refractivity contribution in [1.82, 2.24) is 4.90 Å². The number of carbonyl (C=O) groups excluding carboxylic acids is 2. The third-order valence-corrected chi connectivity index (χ3v) is 3.16. The molecule has 1 aromatic rings. The first-order chi connectivity index (χ1) is 7.75. The second-order valence-corrected chi connectivity index (χ2v) is 4.44. The van der Waals surface area contributed by atoms with Crippen molar-refractivity contribution >= 4 is 41.7 Å². The van der Waals surface area contributed by atoms with Crippen molar-refractivity contribution in [3.05, 3.63) is 30.3 Å². The minimum absolute atomic E-state index is 0. The molecule has 0 aromatic heterocycles. The highest BCUT2D eigenvalue weighted by atomic mass is 35.5. The van der Waals surface area contributed by atoms with E-state index in [4.69, 9.17) is 0 Å². The van der Waals surface area contributed by atoms with Crippen molar-refractivity contribution in [2.24, 2.45) is 0 Å². The van der Waals surface area contributed by atoms with Crippen LogP contribution in [0.3, 0.4) is 0 Å². The molecule has 0 bridgehead atoms. The van der Waals surface area contributed by atoms with Crippen LogP contribution < -0.4 is 5.32 Å². The largest absolute Gasteiger partial charge is 0.325 e. The van der Waals surface area contributed by atoms with Gasteiger partial charge >= 0.3 is 0 Å². The van der Waals surface area contributed by atoms with Crippen LogP contribution in [-0.2, 0) is 9.59 Å². The molecule has 1 saturated heterocycles. The maximum absolute atomic E-state index is 11.6. The molecule has 0 saturated carbocycles. The Labute approximate surface area is 110 Å². The smallest absolute Gasteiger partial charge is 0.244 e. The van der Waals surface area contributed by atoms with E-state index in [-0.39, 0.29) is 30.8 Å². The third kappa shape index (κ3) is 3.94. The summed E-state index contributed by atoms with van der Waals surface area (Å²) >= 11 is 1.53. The second kappa shape index (κ2) is 6.51. The fourth-order valence-corrected chi connectivity index (χ4v) is 2.34. The summed E-state index contributed by atoms with van der Waals surface area (Å²) in [5.74, 6) is 0.981. The number of amides is 2. The summed E-state index contributed by atoms with van der Waals surface area (Å²) in [6.07, 6.45) is 0. The Morgan fingerprint density at radius 1 is 1.35 bits per heavy atom. The lowest BCUT2D eigenvalue weighted by Gasteiger charge is -2.13. The van der Waals surface area contributed by atoms with Crippen LogP contribution in [0.25, 0.3) is 0 Å². The first-order valence-corrected chi connectivity index (χ1v) is 6.11. The van der Waals surface area contributed by atoms with Gasteiger partial charge in [-0.2, -0.15) is 0 Å². The normalized spacial score (nSPS) is 14.4. The van der Waals surface area contributed by atoms with Crippen LogP contribution in [0.2, 0.25) is 0 Å². The van der Waals surface area contributed by atoms with E-state index >= 15 is 0 Å². The third-order valence-electron chi connectivity index (χ3n) is 2.22. The minimum atomic E-state index is -0.151. The molecule has 92 valence electrons. The van der Waals surface area contributed by atoms with Gasteiger partial charge in [-0.05, 0) is 12.1 Å². The summed E-state index contributed by atoms with van der Waals surface area (Å²) in [5.41, 5.74) is 0.756. The summed E-state index contributed by atoms with van der Waals surface area (Å²) in [7, 11) is 0. The van der Waals surface area contributed by atoms with Gasteiger partial charge in [0.05, 0.1) is 11.6 Å². The SMILES string of the molecule is Cl.O=C(CN1CSCC1=O)Nc1ccccc1. The van der Waals surface area contributed by atoms with Crippen LogP contribution in [-0.4, -0.2) is 34.9 Å². The minimum Gasteiger partial charge on any atom is -0.325 e. The lowest BCUT2D eigenvalue weighted by molar-refractivity contribution is -0.130. The highest BCUT2D eigenvalue weighted by Gasteiger charge is 2.22. The van der Waals surface area contributed by atoms with Gasteiger partial charge in [-0.15, -0.1) is 24.2 Å². The number of nitrogens with zero attached hydrogens (tertiary/aromatic N) is 1. The van der Waals surface area contributed by atoms with Crippen molar-refractivity contribution in [3.63, 3.8) is 0 Å². The molecule has 1 heterocycles. The number of carbonyl (C=O) groups is 2. The van der Waals surface area contributed by atoms with Crippen LogP contribution in [0.4, 0.5) is 5.69 Å². The molecule has 4 nitrogen and oxygen atoms in total. The summed E-state index contributed by atoms with van der Waals surface area (Å²) in [6, 6.07) is 9.23. The van der Waals surface area contributed by atoms with Gasteiger partial charge in [0.15, 0.2) is 0 Å². The van der Waals surface area contributed by atoms with Crippen molar-refractivity contribution in [1.29, 1.82) is 0 Å². The summed E-state index contributed by atoms with van der Waals surface area (Å²) in [6.45, 7) is 0.140. The quantitative estimate of drug-likeness (QED) is 0.909. The number of hydrogen-bond donors (Lipinski definition) is 1. The molecule has 2 rings (SSSR count). The predicted octanol–water partition coefficient (Wildman–Crippen LogP) is 1.58. The van der Waals surface area contributed by atoms with E-state index in [1.807, 2.05) is 30.3 Å². The topological polar surface area (TPSA) is 49.4 Å². The average Bonchev–Trinajstić information content (AvgIpc) is 2.66. The predicted molar refractivity (Wildman–Crippen MR) is 71.4 cm³/mol. The Morgan fingerprint density at radius 3 is 2.65 bits per heavy atom. The molecular weight excluding hydrogens is 260 g/mol. The van der Waals surface area contributed by atoms with Crippen molar-refractivity contribution in [2.45, 2.75) is 0 Å². The fourth-order valence-electron chi connectivity index (χ4n) is 1.44. The van der Waals surface area contributed by atoms with E-state index in [0.717, 1.165) is 5.69 Å². The molecule has 2 amide bonds. The van der Waals surface area contributed by atoms with E-state index in [2.05, 4.69) is 5.32 Å². The van der Waals surface area contributed by atoms with Crippen LogP contribution in [0, 0.1) is 0 Å². The van der Waals surface area contributed by atoms with Crippen molar-refractivity contribution in [3.8, 4) is 0 Å². The molecule has 0 aliphatic carbocycles. The van der Waals surface area contributed by atoms with Crippen LogP contribution >= 0.6 is 24.2 Å². The van der Waals surface area contributed by atoms with Gasteiger partial charge in [0.2, 0.25) is 11.8 Å². The molecule has 17 heavy (non-hydrogen) atoms. The monoisotopic (exact) mass is 272 g/mol. The standard InChI is InChI=1S/C11H12N2O2S.ClH/c14-10(6-13-8-16-7-11(13)15)12-9-4-2-1-3-5-9;/h1-5H,6-8H2,(H,12,14);1H. The molecule has 0 radical (unpaired) electrons. The Kier molecular flexibility index (Phi) is 5.31. The lowest BCUT2D eigenvalue weighted by Crippen LogP contribution is -2.34. The van der Waals surface area contributed by atoms with E-state index in [1.165, 1.54) is 11.8 Å². The van der Waals surface area contributed by atoms with Crippen LogP contribution in [0.1, 0.15) is 0 Å². The maximum atomic E-state index is 11.6. The number of rotatable bonds is 3. The first kappa shape index (κ1) is 13.9. The van der Waals surface area contributed by atoms with Crippen molar-refractivity contribution in [2.75, 3.05) is 23.5 Å². The Morgan fingerprint density at radius 2 is 2.06 bits per heavy atom. The Balaban J connectivity index is 0.00000144. The molecule has 6 heteroatoms. The van der Waals surface area contributed by atoms with Crippen molar-refractivity contribution < 1.29 is 9.59 Å². The summed E-state index contributed by atoms with van der Waals surface area (Å²) in [4.78, 5) is 24.4. The highest BCUT2D eigenvalue weighted by Crippen LogP contribution is 2.14. The molecule has 1 aromatic carbocycles. The van der Waals surface area contributed by atoms with Gasteiger partial charge in [0.1, 0.15) is 6.54 Å². The number of hydrogen-bond acceptors (Lipinski definition) is 3. The molecule has 1 aliphatic rings. The van der Waals surface area contributed by atoms with Gasteiger partial charge in [0.25, 0.3) is 0 Å². The van der Waals surface area contributed by atoms with Gasteiger partial charge in [-0.3, -0.25) is 9.59 Å². The van der Waals surface area contributed by atoms with Gasteiger partial charge in [0, 0.05) is 5.69 Å². The molecule has 0 atom stereocenters. The zero-order valence-electron chi connectivity index (χ0n) is 9.09. The van der Waals surface area contributed by atoms with E-state index in [1.54, 1.807) is 4.90 Å². The molecule has 1 aliphatic heterocycles. The van der Waals surface area contributed by atoms with Gasteiger partial charge < -0.3 is 10.2 Å². The van der Waals surface area contributed by atoms with Gasteiger partial charge in [-0.1, -0.05) is 18.2 Å². The average molecular weight is 273 g/mol. The van der Waals surface area contributed by atoms with E-state index < -0.39 is 0 Å². The number of nitrogens with one attached hydrogen (secondary N) is 1. The second-order valence-electron chi connectivity index (χ2n) is 3.48. The number of halogens is 1. The molecule has 0 unspecified atom stereocenters. The number of anilines is 1. The summed E-state index contributed by atoms with van der Waals surface area (Å²) in [5, 5.41) is 2.75. The zero-order chi connectivity index (χ0) is 11.4. The maximum Gasteiger partial charge on any atom is 0.244 e. The Hall–Kier alpha value is -1.20. The van der Waals surface area contributed by atoms with Crippen LogP contribution in [0.15, 0.2) is 30.3 Å². The van der Waals surface area contributed by atoms with Crippen LogP contribution in [0.5, 0.6) is 0 Å². The number of benzene rings is 1. The number of para-hydroxylation sites is 1.